The summed E-state index contributed by atoms with van der Waals surface area (Å²) in [7, 11) is 0. The minimum absolute atomic E-state index is 0.107. The number of hydrogen-bond acceptors (Lipinski definition) is 4. The summed E-state index contributed by atoms with van der Waals surface area (Å²) in [6, 6.07) is 33.1. The van der Waals surface area contributed by atoms with Crippen molar-refractivity contribution in [2.45, 2.75) is 24.8 Å². The predicted octanol–water partition coefficient (Wildman–Crippen LogP) is 5.59. The van der Waals surface area contributed by atoms with Gasteiger partial charge in [-0.15, -0.1) is 11.3 Å². The maximum Gasteiger partial charge on any atom is 0.234 e. The van der Waals surface area contributed by atoms with Crippen LogP contribution < -0.4 is 0 Å². The fourth-order valence-electron chi connectivity index (χ4n) is 6.16. The van der Waals surface area contributed by atoms with Gasteiger partial charge in [0.15, 0.2) is 0 Å². The molecule has 2 aliphatic rings. The van der Waals surface area contributed by atoms with E-state index in [1.165, 1.54) is 16.0 Å². The number of rotatable bonds is 7. The molecule has 40 heavy (non-hydrogen) atoms. The molecule has 5 nitrogen and oxygen atoms in total. The zero-order valence-electron chi connectivity index (χ0n) is 22.7. The van der Waals surface area contributed by atoms with Crippen LogP contribution in [0.15, 0.2) is 102 Å². The van der Waals surface area contributed by atoms with Gasteiger partial charge in [0, 0.05) is 50.6 Å². The van der Waals surface area contributed by atoms with E-state index in [1.807, 2.05) is 81.8 Å². The molecule has 0 spiro atoms. The Kier molecular flexibility index (Phi) is 8.07. The fourth-order valence-corrected chi connectivity index (χ4v) is 7.06. The zero-order chi connectivity index (χ0) is 27.3. The number of amides is 2. The van der Waals surface area contributed by atoms with Crippen LogP contribution in [0.2, 0.25) is 0 Å². The van der Waals surface area contributed by atoms with Gasteiger partial charge in [0.1, 0.15) is 0 Å². The van der Waals surface area contributed by atoms with Crippen LogP contribution in [-0.2, 0) is 16.0 Å². The molecule has 4 aromatic rings. The minimum Gasteiger partial charge on any atom is -0.339 e. The van der Waals surface area contributed by atoms with Gasteiger partial charge in [-0.3, -0.25) is 14.5 Å². The predicted molar refractivity (Wildman–Crippen MR) is 160 cm³/mol. The van der Waals surface area contributed by atoms with E-state index in [2.05, 4.69) is 46.7 Å². The molecule has 0 saturated carbocycles. The molecular weight excluding hydrogens is 514 g/mol. The molecule has 0 radical (unpaired) electrons. The van der Waals surface area contributed by atoms with E-state index in [0.717, 1.165) is 30.6 Å². The highest BCUT2D eigenvalue weighted by Crippen LogP contribution is 2.37. The van der Waals surface area contributed by atoms with Gasteiger partial charge in [0.2, 0.25) is 11.8 Å². The summed E-state index contributed by atoms with van der Waals surface area (Å²) in [5.41, 5.74) is 4.67. The number of hydrogen-bond donors (Lipinski definition) is 0. The molecule has 204 valence electrons. The third-order valence-electron chi connectivity index (χ3n) is 8.25. The number of carbonyl (C=O) groups is 2. The van der Waals surface area contributed by atoms with Gasteiger partial charge in [-0.2, -0.15) is 0 Å². The number of thiophene rings is 1. The Morgan fingerprint density at radius 1 is 0.725 bits per heavy atom. The lowest BCUT2D eigenvalue weighted by Gasteiger charge is -2.38. The number of carbonyl (C=O) groups excluding carboxylic acids is 2. The first-order valence-corrected chi connectivity index (χ1v) is 15.1. The van der Waals surface area contributed by atoms with E-state index < -0.39 is 0 Å². The molecule has 0 aliphatic carbocycles. The van der Waals surface area contributed by atoms with Crippen LogP contribution in [-0.4, -0.2) is 65.8 Å². The van der Waals surface area contributed by atoms with Crippen molar-refractivity contribution in [1.29, 1.82) is 0 Å². The maximum atomic E-state index is 13.8. The summed E-state index contributed by atoms with van der Waals surface area (Å²) in [6.07, 6.45) is 1.53. The Labute approximate surface area is 240 Å². The Morgan fingerprint density at radius 2 is 1.30 bits per heavy atom. The van der Waals surface area contributed by atoms with E-state index >= 15 is 0 Å². The third kappa shape index (κ3) is 5.60. The maximum absolute atomic E-state index is 13.8. The van der Waals surface area contributed by atoms with Crippen LogP contribution in [0, 0.1) is 0 Å². The molecule has 2 amide bonds. The molecule has 2 aliphatic heterocycles. The number of fused-ring (bicyclic) bond motifs is 1. The van der Waals surface area contributed by atoms with Gasteiger partial charge in [-0.1, -0.05) is 91.0 Å². The smallest absolute Gasteiger partial charge is 0.234 e. The Hall–Kier alpha value is -3.74. The molecule has 3 aromatic carbocycles. The first-order valence-electron chi connectivity index (χ1n) is 14.2. The summed E-state index contributed by atoms with van der Waals surface area (Å²) in [6.45, 7) is 3.99. The van der Waals surface area contributed by atoms with Crippen molar-refractivity contribution in [1.82, 2.24) is 14.7 Å². The first-order chi connectivity index (χ1) is 19.7. The molecular formula is C34H35N3O2S. The molecule has 1 unspecified atom stereocenters. The molecule has 1 fully saturated rings. The number of benzene rings is 3. The van der Waals surface area contributed by atoms with Crippen molar-refractivity contribution in [2.24, 2.45) is 0 Å². The number of piperazine rings is 1. The summed E-state index contributed by atoms with van der Waals surface area (Å²) in [5.74, 6) is -0.0477. The molecule has 1 saturated heterocycles. The lowest BCUT2D eigenvalue weighted by molar-refractivity contribution is -0.140. The Morgan fingerprint density at radius 3 is 1.93 bits per heavy atom. The second-order valence-corrected chi connectivity index (χ2v) is 11.6. The van der Waals surface area contributed by atoms with Gasteiger partial charge in [-0.25, -0.2) is 0 Å². The molecule has 1 aromatic heterocycles. The quantitative estimate of drug-likeness (QED) is 0.302. The van der Waals surface area contributed by atoms with E-state index in [4.69, 9.17) is 0 Å². The van der Waals surface area contributed by atoms with Gasteiger partial charge < -0.3 is 9.80 Å². The highest BCUT2D eigenvalue weighted by Gasteiger charge is 2.32. The SMILES string of the molecule is O=C(CCN1CCc2sccc2C1c1ccccc1)N1CCN(C(=O)C(c2ccccc2)c2ccccc2)CC1. The van der Waals surface area contributed by atoms with E-state index in [1.54, 1.807) is 0 Å². The van der Waals surface area contributed by atoms with Crippen LogP contribution >= 0.6 is 11.3 Å². The lowest BCUT2D eigenvalue weighted by atomic mass is 9.90. The topological polar surface area (TPSA) is 43.9 Å². The summed E-state index contributed by atoms with van der Waals surface area (Å²) < 4.78 is 0. The van der Waals surface area contributed by atoms with Gasteiger partial charge >= 0.3 is 0 Å². The summed E-state index contributed by atoms with van der Waals surface area (Å²) in [5, 5.41) is 2.19. The molecule has 6 rings (SSSR count). The molecule has 6 heteroatoms. The summed E-state index contributed by atoms with van der Waals surface area (Å²) >= 11 is 1.84. The molecule has 0 bridgehead atoms. The van der Waals surface area contributed by atoms with Gasteiger partial charge in [0.25, 0.3) is 0 Å². The second kappa shape index (κ2) is 12.2. The largest absolute Gasteiger partial charge is 0.339 e. The van der Waals surface area contributed by atoms with E-state index in [9.17, 15) is 9.59 Å². The third-order valence-corrected chi connectivity index (χ3v) is 9.25. The molecule has 3 heterocycles. The Bertz CT molecular complexity index is 1380. The minimum atomic E-state index is -0.333. The fraction of sp³-hybridized carbons (Fsp3) is 0.294. The van der Waals surface area contributed by atoms with Crippen molar-refractivity contribution in [3.8, 4) is 0 Å². The monoisotopic (exact) mass is 549 g/mol. The lowest BCUT2D eigenvalue weighted by Crippen LogP contribution is -2.52. The van der Waals surface area contributed by atoms with Crippen LogP contribution in [0.4, 0.5) is 0 Å². The highest BCUT2D eigenvalue weighted by atomic mass is 32.1. The molecule has 1 atom stereocenters. The van der Waals surface area contributed by atoms with E-state index in [-0.39, 0.29) is 23.8 Å². The number of nitrogens with zero attached hydrogens (tertiary/aromatic N) is 3. The van der Waals surface area contributed by atoms with Gasteiger partial charge in [-0.05, 0) is 40.1 Å². The highest BCUT2D eigenvalue weighted by molar-refractivity contribution is 7.10. The van der Waals surface area contributed by atoms with Crippen molar-refractivity contribution in [3.05, 3.63) is 130 Å². The van der Waals surface area contributed by atoms with Crippen LogP contribution in [0.5, 0.6) is 0 Å². The zero-order valence-corrected chi connectivity index (χ0v) is 23.5. The average molecular weight is 550 g/mol. The Balaban J connectivity index is 1.08. The van der Waals surface area contributed by atoms with Crippen molar-refractivity contribution in [2.75, 3.05) is 39.3 Å². The van der Waals surface area contributed by atoms with Crippen molar-refractivity contribution >= 4 is 23.2 Å². The van der Waals surface area contributed by atoms with Crippen molar-refractivity contribution in [3.63, 3.8) is 0 Å². The second-order valence-electron chi connectivity index (χ2n) is 10.6. The van der Waals surface area contributed by atoms with Crippen LogP contribution in [0.3, 0.4) is 0 Å². The standard InChI is InChI=1S/C34H35N3O2S/c38-31(17-20-36-19-16-30-29(18-25-40-30)33(36)28-14-8-3-9-15-28)35-21-23-37(24-22-35)34(39)32(26-10-4-1-5-11-26)27-12-6-2-7-13-27/h1-15,18,25,32-33H,16-17,19-24H2. The van der Waals surface area contributed by atoms with Crippen LogP contribution in [0.1, 0.15) is 45.5 Å². The normalized spacial score (nSPS) is 17.6. The van der Waals surface area contributed by atoms with Crippen molar-refractivity contribution < 1.29 is 9.59 Å². The first kappa shape index (κ1) is 26.5. The van der Waals surface area contributed by atoms with Gasteiger partial charge in [0.05, 0.1) is 12.0 Å². The average Bonchev–Trinajstić information content (AvgIpc) is 3.50. The van der Waals surface area contributed by atoms with Crippen LogP contribution in [0.25, 0.3) is 0 Å². The van der Waals surface area contributed by atoms with E-state index in [0.29, 0.717) is 32.6 Å². The molecule has 0 N–H and O–H groups in total. The summed E-state index contributed by atoms with van der Waals surface area (Å²) in [4.78, 5) is 34.9.